The Labute approximate surface area is 175 Å². The van der Waals surface area contributed by atoms with E-state index in [4.69, 9.17) is 0 Å². The van der Waals surface area contributed by atoms with Crippen molar-refractivity contribution >= 4 is 28.6 Å². The summed E-state index contributed by atoms with van der Waals surface area (Å²) in [4.78, 5) is 29.3. The molecule has 1 unspecified atom stereocenters. The van der Waals surface area contributed by atoms with Gasteiger partial charge in [0.1, 0.15) is 0 Å². The monoisotopic (exact) mass is 416 g/mol. The van der Waals surface area contributed by atoms with Gasteiger partial charge in [-0.05, 0) is 50.4 Å². The number of non-ortho nitro benzene ring substituents is 1. The lowest BCUT2D eigenvalue weighted by molar-refractivity contribution is -0.384. The zero-order valence-electron chi connectivity index (χ0n) is 17.1. The number of benzene rings is 1. The summed E-state index contributed by atoms with van der Waals surface area (Å²) in [5.74, 6) is 0.388. The first-order chi connectivity index (χ1) is 13.9. The summed E-state index contributed by atoms with van der Waals surface area (Å²) in [7, 11) is 3.95. The van der Waals surface area contributed by atoms with Crippen LogP contribution in [0.25, 0.3) is 0 Å². The second-order valence-corrected chi connectivity index (χ2v) is 8.81. The average molecular weight is 417 g/mol. The molecule has 0 saturated carbocycles. The number of nitro groups is 1. The lowest BCUT2D eigenvalue weighted by atomic mass is 9.98. The van der Waals surface area contributed by atoms with Crippen molar-refractivity contribution in [2.24, 2.45) is 5.92 Å². The number of likely N-dealkylation sites (N-methyl/N-ethyl adjacent to an activating group) is 1. The van der Waals surface area contributed by atoms with Crippen LogP contribution in [0.1, 0.15) is 41.0 Å². The van der Waals surface area contributed by atoms with Gasteiger partial charge in [-0.15, -0.1) is 11.3 Å². The summed E-state index contributed by atoms with van der Waals surface area (Å²) < 4.78 is 0. The average Bonchev–Trinajstić information content (AvgIpc) is 3.22. The van der Waals surface area contributed by atoms with Crippen LogP contribution in [0.5, 0.6) is 0 Å². The number of anilines is 1. The highest BCUT2D eigenvalue weighted by Crippen LogP contribution is 2.30. The van der Waals surface area contributed by atoms with Crippen molar-refractivity contribution in [3.05, 3.63) is 56.3 Å². The van der Waals surface area contributed by atoms with Gasteiger partial charge >= 0.3 is 0 Å². The van der Waals surface area contributed by atoms with Gasteiger partial charge in [0, 0.05) is 36.6 Å². The molecule has 29 heavy (non-hydrogen) atoms. The number of amides is 1. The molecule has 0 radical (unpaired) electrons. The predicted octanol–water partition coefficient (Wildman–Crippen LogP) is 3.93. The van der Waals surface area contributed by atoms with Crippen molar-refractivity contribution in [1.29, 1.82) is 0 Å². The number of nitrogens with one attached hydrogen (secondary N) is 1. The van der Waals surface area contributed by atoms with E-state index in [2.05, 4.69) is 28.1 Å². The Balaban J connectivity index is 1.82. The zero-order chi connectivity index (χ0) is 21.0. The highest BCUT2D eigenvalue weighted by molar-refractivity contribution is 7.10. The SMILES string of the molecule is CC1CCN(c2ccc([N+](=O)[O-])cc2C(=O)NCC(c2cccs2)N(C)C)CC1. The molecule has 8 heteroatoms. The standard InChI is InChI=1S/C21H28N4O3S/c1-15-8-10-24(11-9-15)18-7-6-16(25(27)28)13-17(18)21(26)22-14-19(23(2)3)20-5-4-12-29-20/h4-7,12-13,15,19H,8-11,14H2,1-3H3,(H,22,26). The normalized spacial score (nSPS) is 16.1. The molecule has 3 rings (SSSR count). The number of rotatable bonds is 7. The molecule has 1 saturated heterocycles. The molecule has 0 aliphatic carbocycles. The molecule has 0 bridgehead atoms. The summed E-state index contributed by atoms with van der Waals surface area (Å²) in [5, 5.41) is 16.3. The molecule has 1 N–H and O–H groups in total. The van der Waals surface area contributed by atoms with E-state index < -0.39 is 4.92 Å². The van der Waals surface area contributed by atoms with Crippen LogP contribution < -0.4 is 10.2 Å². The van der Waals surface area contributed by atoms with Gasteiger partial charge in [-0.3, -0.25) is 14.9 Å². The van der Waals surface area contributed by atoms with E-state index in [0.717, 1.165) is 31.6 Å². The minimum Gasteiger partial charge on any atom is -0.371 e. The van der Waals surface area contributed by atoms with Gasteiger partial charge in [0.05, 0.1) is 22.2 Å². The summed E-state index contributed by atoms with van der Waals surface area (Å²) in [6, 6.07) is 8.70. The quantitative estimate of drug-likeness (QED) is 0.547. The van der Waals surface area contributed by atoms with E-state index in [1.54, 1.807) is 17.4 Å². The van der Waals surface area contributed by atoms with E-state index in [1.165, 1.54) is 17.0 Å². The van der Waals surface area contributed by atoms with Crippen LogP contribution in [-0.4, -0.2) is 49.5 Å². The number of hydrogen-bond acceptors (Lipinski definition) is 6. The molecular formula is C21H28N4O3S. The molecule has 7 nitrogen and oxygen atoms in total. The van der Waals surface area contributed by atoms with E-state index in [9.17, 15) is 14.9 Å². The maximum absolute atomic E-state index is 13.1. The topological polar surface area (TPSA) is 78.7 Å². The van der Waals surface area contributed by atoms with Gasteiger partial charge in [-0.25, -0.2) is 0 Å². The van der Waals surface area contributed by atoms with E-state index in [1.807, 2.05) is 25.5 Å². The first-order valence-electron chi connectivity index (χ1n) is 9.88. The molecule has 156 valence electrons. The molecular weight excluding hydrogens is 388 g/mol. The second-order valence-electron chi connectivity index (χ2n) is 7.83. The number of carbonyl (C=O) groups excluding carboxylic acids is 1. The molecule has 1 aromatic heterocycles. The Hall–Kier alpha value is -2.45. The molecule has 1 aliphatic heterocycles. The predicted molar refractivity (Wildman–Crippen MR) is 117 cm³/mol. The van der Waals surface area contributed by atoms with E-state index in [0.29, 0.717) is 18.0 Å². The molecule has 1 amide bonds. The van der Waals surface area contributed by atoms with E-state index in [-0.39, 0.29) is 17.6 Å². The maximum atomic E-state index is 13.1. The summed E-state index contributed by atoms with van der Waals surface area (Å²) in [6.45, 7) is 4.38. The Bertz CT molecular complexity index is 846. The fourth-order valence-electron chi connectivity index (χ4n) is 3.65. The van der Waals surface area contributed by atoms with Crippen LogP contribution in [-0.2, 0) is 0 Å². The van der Waals surface area contributed by atoms with Gasteiger partial charge < -0.3 is 15.1 Å². The number of thiophene rings is 1. The van der Waals surface area contributed by atoms with E-state index >= 15 is 0 Å². The Morgan fingerprint density at radius 2 is 2.07 bits per heavy atom. The molecule has 1 aromatic carbocycles. The molecule has 1 fully saturated rings. The van der Waals surface area contributed by atoms with Crippen LogP contribution in [0.2, 0.25) is 0 Å². The van der Waals surface area contributed by atoms with Gasteiger partial charge in [0.15, 0.2) is 0 Å². The zero-order valence-corrected chi connectivity index (χ0v) is 17.9. The molecule has 2 heterocycles. The van der Waals surface area contributed by atoms with Gasteiger partial charge in [-0.2, -0.15) is 0 Å². The number of nitro benzene ring substituents is 1. The fourth-order valence-corrected chi connectivity index (χ4v) is 4.57. The Morgan fingerprint density at radius 3 is 2.66 bits per heavy atom. The number of piperidine rings is 1. The molecule has 0 spiro atoms. The first-order valence-corrected chi connectivity index (χ1v) is 10.8. The van der Waals surface area contributed by atoms with Crippen LogP contribution in [0.3, 0.4) is 0 Å². The smallest absolute Gasteiger partial charge is 0.270 e. The lowest BCUT2D eigenvalue weighted by Crippen LogP contribution is -2.37. The van der Waals surface area contributed by atoms with Gasteiger partial charge in [0.2, 0.25) is 0 Å². The van der Waals surface area contributed by atoms with Gasteiger partial charge in [-0.1, -0.05) is 13.0 Å². The molecule has 1 atom stereocenters. The Kier molecular flexibility index (Phi) is 6.87. The maximum Gasteiger partial charge on any atom is 0.270 e. The van der Waals surface area contributed by atoms with Crippen molar-refractivity contribution < 1.29 is 9.72 Å². The number of carbonyl (C=O) groups is 1. The summed E-state index contributed by atoms with van der Waals surface area (Å²) in [5.41, 5.74) is 1.08. The minimum absolute atomic E-state index is 0.0527. The minimum atomic E-state index is -0.451. The summed E-state index contributed by atoms with van der Waals surface area (Å²) >= 11 is 1.65. The van der Waals surface area contributed by atoms with Gasteiger partial charge in [0.25, 0.3) is 11.6 Å². The number of nitrogens with zero attached hydrogens (tertiary/aromatic N) is 3. The van der Waals surface area contributed by atoms with Crippen molar-refractivity contribution in [3.63, 3.8) is 0 Å². The van der Waals surface area contributed by atoms with Crippen LogP contribution in [0.4, 0.5) is 11.4 Å². The van der Waals surface area contributed by atoms with Crippen molar-refractivity contribution in [1.82, 2.24) is 10.2 Å². The first kappa shape index (κ1) is 21.3. The second kappa shape index (κ2) is 9.37. The number of hydrogen-bond donors (Lipinski definition) is 1. The molecule has 2 aromatic rings. The lowest BCUT2D eigenvalue weighted by Gasteiger charge is -2.33. The van der Waals surface area contributed by atoms with Crippen molar-refractivity contribution in [2.75, 3.05) is 38.6 Å². The highest BCUT2D eigenvalue weighted by atomic mass is 32.1. The fraction of sp³-hybridized carbons (Fsp3) is 0.476. The third-order valence-corrected chi connectivity index (χ3v) is 6.48. The van der Waals surface area contributed by atoms with Crippen molar-refractivity contribution in [3.8, 4) is 0 Å². The Morgan fingerprint density at radius 1 is 1.34 bits per heavy atom. The highest BCUT2D eigenvalue weighted by Gasteiger charge is 2.24. The molecule has 1 aliphatic rings. The van der Waals surface area contributed by atoms with Crippen LogP contribution >= 0.6 is 11.3 Å². The summed E-state index contributed by atoms with van der Waals surface area (Å²) in [6.07, 6.45) is 2.11. The largest absolute Gasteiger partial charge is 0.371 e. The van der Waals surface area contributed by atoms with Crippen LogP contribution in [0.15, 0.2) is 35.7 Å². The van der Waals surface area contributed by atoms with Crippen molar-refractivity contribution in [2.45, 2.75) is 25.8 Å². The third kappa shape index (κ3) is 5.13. The van der Waals surface area contributed by atoms with Crippen LogP contribution in [0, 0.1) is 16.0 Å². The third-order valence-electron chi connectivity index (χ3n) is 5.51.